The zero-order valence-corrected chi connectivity index (χ0v) is 14.7. The van der Waals surface area contributed by atoms with Crippen LogP contribution < -0.4 is 0 Å². The van der Waals surface area contributed by atoms with Crippen LogP contribution in [0, 0.1) is 6.92 Å². The fourth-order valence-corrected chi connectivity index (χ4v) is 2.87. The van der Waals surface area contributed by atoms with Crippen LogP contribution in [0.15, 0.2) is 28.9 Å². The maximum Gasteiger partial charge on any atom is 0.123 e. The Kier molecular flexibility index (Phi) is 5.43. The minimum Gasteiger partial charge on any atom is -0.382 e. The average molecular weight is 373 g/mol. The summed E-state index contributed by atoms with van der Waals surface area (Å²) in [6.07, 6.45) is 0.774. The Morgan fingerprint density at radius 2 is 2.14 bits per heavy atom. The van der Waals surface area contributed by atoms with Gasteiger partial charge in [0.1, 0.15) is 6.10 Å². The Bertz CT molecular complexity index is 627. The molecule has 0 aliphatic carbocycles. The third kappa shape index (κ3) is 3.66. The highest BCUT2D eigenvalue weighted by atomic mass is 79.9. The van der Waals surface area contributed by atoms with Crippen LogP contribution in [0.1, 0.15) is 22.9 Å². The molecule has 0 bridgehead atoms. The molecule has 4 nitrogen and oxygen atoms in total. The van der Waals surface area contributed by atoms with E-state index in [1.807, 2.05) is 39.2 Å². The molecule has 1 N–H and O–H groups in total. The summed E-state index contributed by atoms with van der Waals surface area (Å²) in [7, 11) is 4.00. The lowest BCUT2D eigenvalue weighted by atomic mass is 10.0. The van der Waals surface area contributed by atoms with Crippen molar-refractivity contribution in [3.05, 3.63) is 50.7 Å². The minimum absolute atomic E-state index is 0.481. The van der Waals surface area contributed by atoms with Crippen molar-refractivity contribution in [2.45, 2.75) is 19.6 Å². The van der Waals surface area contributed by atoms with Crippen molar-refractivity contribution >= 4 is 27.5 Å². The lowest BCUT2D eigenvalue weighted by molar-refractivity contribution is 0.205. The van der Waals surface area contributed by atoms with E-state index in [0.717, 1.165) is 22.1 Å². The molecule has 2 rings (SSSR count). The predicted octanol–water partition coefficient (Wildman–Crippen LogP) is 3.25. The molecule has 21 heavy (non-hydrogen) atoms. The molecule has 0 spiro atoms. The second kappa shape index (κ2) is 6.92. The molecule has 6 heteroatoms. The van der Waals surface area contributed by atoms with Crippen LogP contribution >= 0.6 is 27.5 Å². The van der Waals surface area contributed by atoms with Gasteiger partial charge in [-0.25, -0.2) is 0 Å². The zero-order chi connectivity index (χ0) is 15.6. The summed E-state index contributed by atoms with van der Waals surface area (Å²) in [6, 6.07) is 5.81. The Labute approximate surface area is 138 Å². The van der Waals surface area contributed by atoms with Gasteiger partial charge in [0.2, 0.25) is 0 Å². The van der Waals surface area contributed by atoms with Crippen molar-refractivity contribution in [3.8, 4) is 0 Å². The van der Waals surface area contributed by atoms with Crippen LogP contribution in [0.5, 0.6) is 0 Å². The highest BCUT2D eigenvalue weighted by Gasteiger charge is 2.22. The molecule has 114 valence electrons. The molecule has 0 amide bonds. The number of hydrogen-bond donors (Lipinski definition) is 1. The molecule has 2 aromatic rings. The molecule has 1 unspecified atom stereocenters. The smallest absolute Gasteiger partial charge is 0.123 e. The van der Waals surface area contributed by atoms with Gasteiger partial charge < -0.3 is 10.0 Å². The predicted molar refractivity (Wildman–Crippen MR) is 88.7 cm³/mol. The second-order valence-corrected chi connectivity index (χ2v) is 6.49. The number of nitrogens with zero attached hydrogens (tertiary/aromatic N) is 3. The van der Waals surface area contributed by atoms with E-state index in [9.17, 15) is 5.11 Å². The summed E-state index contributed by atoms with van der Waals surface area (Å²) in [6.45, 7) is 3.49. The number of hydrogen-bond acceptors (Lipinski definition) is 3. The van der Waals surface area contributed by atoms with Crippen LogP contribution in [0.25, 0.3) is 0 Å². The van der Waals surface area contributed by atoms with E-state index in [4.69, 9.17) is 11.6 Å². The molecule has 0 fully saturated rings. The molecule has 0 saturated carbocycles. The highest BCUT2D eigenvalue weighted by molar-refractivity contribution is 9.10. The number of aliphatic hydroxyl groups is 1. The van der Waals surface area contributed by atoms with E-state index in [-0.39, 0.29) is 0 Å². The summed E-state index contributed by atoms with van der Waals surface area (Å²) in [5.41, 5.74) is 2.50. The average Bonchev–Trinajstić information content (AvgIpc) is 2.80. The van der Waals surface area contributed by atoms with Crippen molar-refractivity contribution in [3.63, 3.8) is 0 Å². The Morgan fingerprint density at radius 1 is 1.43 bits per heavy atom. The first-order valence-corrected chi connectivity index (χ1v) is 7.88. The van der Waals surface area contributed by atoms with Gasteiger partial charge in [-0.05, 0) is 26.6 Å². The number of aryl methyl sites for hydroxylation is 1. The quantitative estimate of drug-likeness (QED) is 0.876. The van der Waals surface area contributed by atoms with E-state index < -0.39 is 6.10 Å². The molecule has 1 aromatic carbocycles. The summed E-state index contributed by atoms with van der Waals surface area (Å²) in [5.74, 6) is 0. The number of rotatable bonds is 5. The first-order valence-electron chi connectivity index (χ1n) is 6.70. The molecule has 1 aromatic heterocycles. The third-order valence-electron chi connectivity index (χ3n) is 3.37. The molecule has 1 heterocycles. The van der Waals surface area contributed by atoms with Crippen LogP contribution in [0.4, 0.5) is 0 Å². The fraction of sp³-hybridized carbons (Fsp3) is 0.400. The van der Waals surface area contributed by atoms with Crippen LogP contribution in [-0.2, 0) is 6.54 Å². The number of benzene rings is 1. The van der Waals surface area contributed by atoms with Gasteiger partial charge in [-0.3, -0.25) is 4.68 Å². The zero-order valence-electron chi connectivity index (χ0n) is 12.3. The molecule has 0 radical (unpaired) electrons. The molecule has 0 saturated heterocycles. The molecule has 0 aliphatic heterocycles. The first kappa shape index (κ1) is 16.5. The first-order chi connectivity index (χ1) is 9.91. The second-order valence-electron chi connectivity index (χ2n) is 5.28. The van der Waals surface area contributed by atoms with Crippen LogP contribution in [0.3, 0.4) is 0 Å². The monoisotopic (exact) mass is 371 g/mol. The van der Waals surface area contributed by atoms with E-state index >= 15 is 0 Å². The SMILES string of the molecule is Cc1cccc(C(O)c2c(Cl)cnn2CCN(C)C)c1Br. The number of aromatic nitrogens is 2. The van der Waals surface area contributed by atoms with Gasteiger partial charge in [0.05, 0.1) is 23.5 Å². The Morgan fingerprint density at radius 3 is 2.81 bits per heavy atom. The standard InChI is InChI=1S/C15H19BrClN3O/c1-10-5-4-6-11(13(10)16)15(21)14-12(17)9-18-20(14)8-7-19(2)3/h4-6,9,15,21H,7-8H2,1-3H3. The van der Waals surface area contributed by atoms with Crippen molar-refractivity contribution in [2.75, 3.05) is 20.6 Å². The number of halogens is 2. The maximum atomic E-state index is 10.7. The van der Waals surface area contributed by atoms with Gasteiger partial charge >= 0.3 is 0 Å². The third-order valence-corrected chi connectivity index (χ3v) is 4.74. The Balaban J connectivity index is 2.36. The summed E-state index contributed by atoms with van der Waals surface area (Å²) >= 11 is 9.76. The lowest BCUT2D eigenvalue weighted by Crippen LogP contribution is -2.21. The van der Waals surface area contributed by atoms with Crippen molar-refractivity contribution in [1.29, 1.82) is 0 Å². The lowest BCUT2D eigenvalue weighted by Gasteiger charge is -2.18. The minimum atomic E-state index is -0.809. The van der Waals surface area contributed by atoms with E-state index in [1.54, 1.807) is 10.9 Å². The number of aliphatic hydroxyl groups excluding tert-OH is 1. The Hall–Kier alpha value is -0.880. The van der Waals surface area contributed by atoms with E-state index in [1.165, 1.54) is 0 Å². The van der Waals surface area contributed by atoms with Crippen molar-refractivity contribution in [1.82, 2.24) is 14.7 Å². The summed E-state index contributed by atoms with van der Waals surface area (Å²) in [5, 5.41) is 15.5. The largest absolute Gasteiger partial charge is 0.382 e. The molecular formula is C15H19BrClN3O. The summed E-state index contributed by atoms with van der Waals surface area (Å²) in [4.78, 5) is 2.06. The van der Waals surface area contributed by atoms with Gasteiger partial charge in [-0.15, -0.1) is 0 Å². The van der Waals surface area contributed by atoms with E-state index in [2.05, 4.69) is 25.9 Å². The van der Waals surface area contributed by atoms with Gasteiger partial charge in [0.15, 0.2) is 0 Å². The topological polar surface area (TPSA) is 41.3 Å². The molecule has 1 atom stereocenters. The number of likely N-dealkylation sites (N-methyl/N-ethyl adjacent to an activating group) is 1. The highest BCUT2D eigenvalue weighted by Crippen LogP contribution is 2.33. The van der Waals surface area contributed by atoms with Crippen molar-refractivity contribution < 1.29 is 5.11 Å². The van der Waals surface area contributed by atoms with E-state index in [0.29, 0.717) is 17.3 Å². The van der Waals surface area contributed by atoms with Crippen LogP contribution in [0.2, 0.25) is 5.02 Å². The normalized spacial score (nSPS) is 12.9. The van der Waals surface area contributed by atoms with Gasteiger partial charge in [-0.2, -0.15) is 5.10 Å². The van der Waals surface area contributed by atoms with Crippen molar-refractivity contribution in [2.24, 2.45) is 0 Å². The van der Waals surface area contributed by atoms with Gasteiger partial charge in [-0.1, -0.05) is 45.7 Å². The fourth-order valence-electron chi connectivity index (χ4n) is 2.15. The molecule has 0 aliphatic rings. The maximum absolute atomic E-state index is 10.7. The van der Waals surface area contributed by atoms with Gasteiger partial charge in [0.25, 0.3) is 0 Å². The molecular weight excluding hydrogens is 354 g/mol. The van der Waals surface area contributed by atoms with Crippen LogP contribution in [-0.4, -0.2) is 40.4 Å². The summed E-state index contributed by atoms with van der Waals surface area (Å²) < 4.78 is 2.66. The van der Waals surface area contributed by atoms with Gasteiger partial charge in [0, 0.05) is 16.6 Å².